The Hall–Kier alpha value is -5.45. The number of carboxylic acid groups (broad SMARTS) is 3. The lowest BCUT2D eigenvalue weighted by Gasteiger charge is -2.50. The van der Waals surface area contributed by atoms with Gasteiger partial charge in [-0.15, -0.1) is 11.8 Å². The van der Waals surface area contributed by atoms with Gasteiger partial charge >= 0.3 is 17.9 Å². The quantitative estimate of drug-likeness (QED) is 0.0398. The maximum absolute atomic E-state index is 15.0. The number of anilines is 1. The van der Waals surface area contributed by atoms with E-state index in [2.05, 4.69) is 15.5 Å². The molecule has 0 bridgehead atoms. The van der Waals surface area contributed by atoms with Crippen molar-refractivity contribution >= 4 is 86.2 Å². The molecule has 8 N–H and O–H groups in total. The van der Waals surface area contributed by atoms with Crippen molar-refractivity contribution in [1.82, 2.24) is 19.8 Å². The number of aromatic hydroxyl groups is 2. The minimum absolute atomic E-state index is 0.105. The Morgan fingerprint density at radius 1 is 1.18 bits per heavy atom. The van der Waals surface area contributed by atoms with E-state index in [0.717, 1.165) is 35.1 Å². The van der Waals surface area contributed by atoms with Crippen LogP contribution in [0.15, 0.2) is 33.5 Å². The van der Waals surface area contributed by atoms with Crippen LogP contribution in [0.3, 0.4) is 0 Å². The molecule has 6 rings (SSSR count). The number of nitrogens with zero attached hydrogens (tertiary/aromatic N) is 5. The van der Waals surface area contributed by atoms with Gasteiger partial charge in [0, 0.05) is 36.9 Å². The Morgan fingerprint density at radius 3 is 2.46 bits per heavy atom. The molecule has 0 aliphatic carbocycles. The van der Waals surface area contributed by atoms with Crippen molar-refractivity contribution in [2.75, 3.05) is 31.1 Å². The first-order chi connectivity index (χ1) is 26.5. The molecule has 0 saturated carbocycles. The Morgan fingerprint density at radius 2 is 1.88 bits per heavy atom. The predicted molar refractivity (Wildman–Crippen MR) is 197 cm³/mol. The summed E-state index contributed by atoms with van der Waals surface area (Å²) in [6.45, 7) is 3.32. The number of pyridine rings is 1. The number of quaternary nitrogens is 1. The molecule has 19 nitrogen and oxygen atoms in total. The van der Waals surface area contributed by atoms with Crippen LogP contribution in [0, 0.1) is 5.82 Å². The maximum Gasteiger partial charge on any atom is 0.352 e. The fourth-order valence-corrected chi connectivity index (χ4v) is 9.44. The molecule has 1 aromatic carbocycles. The molecule has 0 radical (unpaired) electrons. The zero-order chi connectivity index (χ0) is 40.8. The van der Waals surface area contributed by atoms with Crippen molar-refractivity contribution in [2.24, 2.45) is 5.16 Å². The van der Waals surface area contributed by atoms with Crippen LogP contribution in [0.2, 0.25) is 4.34 Å². The lowest BCUT2D eigenvalue weighted by molar-refractivity contribution is -0.925. The van der Waals surface area contributed by atoms with Gasteiger partial charge in [0.25, 0.3) is 11.8 Å². The van der Waals surface area contributed by atoms with E-state index in [1.165, 1.54) is 22.5 Å². The van der Waals surface area contributed by atoms with E-state index in [1.54, 1.807) is 6.92 Å². The number of nitrogens with one attached hydrogen (secondary N) is 1. The normalized spacial score (nSPS) is 19.7. The topological polar surface area (TPSA) is 284 Å². The number of nitrogens with two attached hydrogens (primary N) is 1. The van der Waals surface area contributed by atoms with Crippen molar-refractivity contribution in [3.63, 3.8) is 0 Å². The Bertz CT molecular complexity index is 2310. The number of fused-ring (bicyclic) bond motifs is 2. The Balaban J connectivity index is 1.27. The first-order valence-corrected chi connectivity index (χ1v) is 19.1. The summed E-state index contributed by atoms with van der Waals surface area (Å²) in [6.07, 6.45) is -0.0179. The second-order valence-electron chi connectivity index (χ2n) is 13.3. The first kappa shape index (κ1) is 40.2. The van der Waals surface area contributed by atoms with Crippen molar-refractivity contribution in [1.29, 1.82) is 0 Å². The third-order valence-corrected chi connectivity index (χ3v) is 12.1. The molecule has 5 heterocycles. The first-order valence-electron chi connectivity index (χ1n) is 16.9. The van der Waals surface area contributed by atoms with Crippen LogP contribution in [0.1, 0.15) is 37.4 Å². The van der Waals surface area contributed by atoms with Gasteiger partial charge in [-0.05, 0) is 13.0 Å². The van der Waals surface area contributed by atoms with Crippen LogP contribution < -0.4 is 16.5 Å². The van der Waals surface area contributed by atoms with Gasteiger partial charge in [0.15, 0.2) is 33.6 Å². The average molecular weight is 839 g/mol. The molecule has 0 spiro atoms. The number of nitrogen functional groups attached to an aromatic ring is 1. The second-order valence-corrected chi connectivity index (χ2v) is 16.0. The molecule has 3 aliphatic heterocycles. The highest BCUT2D eigenvalue weighted by atomic mass is 35.5. The molecule has 56 heavy (non-hydrogen) atoms. The van der Waals surface area contributed by atoms with E-state index in [0.29, 0.717) is 18.7 Å². The number of likely N-dealkylation sites (tertiary alicyclic amines) is 1. The molecular formula is C33H34ClFN7O12S2+. The number of phenols is 2. The molecule has 2 fully saturated rings. The number of oxime groups is 1. The van der Waals surface area contributed by atoms with Gasteiger partial charge in [0.2, 0.25) is 6.10 Å². The number of hydrogen-bond acceptors (Lipinski definition) is 14. The summed E-state index contributed by atoms with van der Waals surface area (Å²) in [7, 11) is 0. The zero-order valence-electron chi connectivity index (χ0n) is 29.2. The number of aliphatic carboxylic acids is 3. The number of carbonyl (C=O) groups is 5. The maximum atomic E-state index is 15.0. The smallest absolute Gasteiger partial charge is 0.352 e. The molecule has 3 aliphatic rings. The molecular weight excluding hydrogens is 805 g/mol. The van der Waals surface area contributed by atoms with Crippen LogP contribution >= 0.6 is 34.7 Å². The number of hydrogen-bond donors (Lipinski definition) is 7. The van der Waals surface area contributed by atoms with Gasteiger partial charge in [-0.25, -0.2) is 19.0 Å². The number of aryl methyl sites for hydroxylation is 1. The predicted octanol–water partition coefficient (Wildman–Crippen LogP) is 1.46. The summed E-state index contributed by atoms with van der Waals surface area (Å²) < 4.78 is 16.6. The highest BCUT2D eigenvalue weighted by molar-refractivity contribution is 8.00. The number of halogens is 2. The third kappa shape index (κ3) is 7.43. The summed E-state index contributed by atoms with van der Waals surface area (Å²) >= 11 is 8.10. The van der Waals surface area contributed by atoms with Crippen LogP contribution in [0.4, 0.5) is 9.52 Å². The van der Waals surface area contributed by atoms with Crippen molar-refractivity contribution in [3.05, 3.63) is 55.2 Å². The minimum atomic E-state index is -2.01. The third-order valence-electron chi connectivity index (χ3n) is 9.70. The van der Waals surface area contributed by atoms with E-state index in [-0.39, 0.29) is 67.2 Å². The van der Waals surface area contributed by atoms with Gasteiger partial charge in [0.1, 0.15) is 40.2 Å². The molecule has 3 aromatic rings. The molecule has 0 unspecified atom stereocenters. The summed E-state index contributed by atoms with van der Waals surface area (Å²) in [4.78, 5) is 86.3. The van der Waals surface area contributed by atoms with E-state index < -0.39 is 82.1 Å². The van der Waals surface area contributed by atoms with Crippen LogP contribution in [-0.4, -0.2) is 123 Å². The van der Waals surface area contributed by atoms with Gasteiger partial charge in [-0.2, -0.15) is 0 Å². The Labute approximate surface area is 328 Å². The average Bonchev–Trinajstić information content (AvgIpc) is 3.74. The van der Waals surface area contributed by atoms with Crippen molar-refractivity contribution < 1.29 is 63.2 Å². The molecule has 298 valence electrons. The zero-order valence-corrected chi connectivity index (χ0v) is 31.6. The number of thioether (sulfide) groups is 1. The number of rotatable bonds is 14. The number of carbonyl (C=O) groups excluding carboxylic acids is 2. The fraction of sp³-hybridized carbons (Fsp3) is 0.394. The number of phenolic OH excluding ortho intramolecular Hbond substituents is 2. The number of β-lactam (4-membered cyclic amide) rings is 1. The number of aromatic nitrogens is 2. The van der Waals surface area contributed by atoms with Gasteiger partial charge < -0.3 is 50.5 Å². The number of amides is 2. The highest BCUT2D eigenvalue weighted by Gasteiger charge is 2.55. The van der Waals surface area contributed by atoms with Crippen LogP contribution in [0.5, 0.6) is 11.5 Å². The number of benzene rings is 1. The molecule has 3 atom stereocenters. The van der Waals surface area contributed by atoms with Gasteiger partial charge in [-0.3, -0.25) is 24.1 Å². The second kappa shape index (κ2) is 15.6. The van der Waals surface area contributed by atoms with E-state index in [9.17, 15) is 49.2 Å². The summed E-state index contributed by atoms with van der Waals surface area (Å²) in [6, 6.07) is -0.281. The van der Waals surface area contributed by atoms with Gasteiger partial charge in [-0.1, -0.05) is 28.1 Å². The highest BCUT2D eigenvalue weighted by Crippen LogP contribution is 2.42. The standard InChI is InChI=1S/C33H33ClFN7O12S2/c1-2-40-9-13(25(46)15-7-16(43)26(47)19(35)24(15)40)10-42(5-3-4-6-42)11-14-12-55-30-22(29(49)41(30)23(14)32(52)53)37-28(48)21(20-27(34)56-33(36)38-20)39-54-17(31(50)51)8-18(44)45/h7,9,17,22,30H,2-6,8,10-12H2,1H3,(H7-,36,37,38,39,43,44,45,46,47,48,50,51,52,53)/p+1/t17-,22+,30+/m0/s1. The summed E-state index contributed by atoms with van der Waals surface area (Å²) in [5.41, 5.74) is 4.34. The van der Waals surface area contributed by atoms with Gasteiger partial charge in [0.05, 0.1) is 36.0 Å². The van der Waals surface area contributed by atoms with E-state index >= 15 is 4.39 Å². The minimum Gasteiger partial charge on any atom is -0.504 e. The van der Waals surface area contributed by atoms with E-state index in [1.807, 2.05) is 0 Å². The SMILES string of the molecule is CCn1cc(C[N+]2(CC3=C(C(=O)O)N4C(=O)[C@@H](NC(=O)/C(=N\O[C@@H](CC(=O)O)C(=O)O)c5nc(N)sc5Cl)[C@H]4SC3)CCCC2)c(=O)c2cc(O)c(O)c(F)c21. The number of thiazole rings is 1. The lowest BCUT2D eigenvalue weighted by atomic mass is 10.0. The molecule has 2 amide bonds. The van der Waals surface area contributed by atoms with Crippen LogP contribution in [-0.2, 0) is 41.9 Å². The largest absolute Gasteiger partial charge is 0.504 e. The Kier molecular flexibility index (Phi) is 11.2. The molecule has 23 heteroatoms. The molecule has 2 aromatic heterocycles. The molecule has 2 saturated heterocycles. The van der Waals surface area contributed by atoms with E-state index in [4.69, 9.17) is 27.3 Å². The fourth-order valence-electron chi connectivity index (χ4n) is 7.18. The lowest BCUT2D eigenvalue weighted by Crippen LogP contribution is -2.71. The monoisotopic (exact) mass is 838 g/mol. The summed E-state index contributed by atoms with van der Waals surface area (Å²) in [5, 5.41) is 53.8. The number of carboxylic acids is 3. The van der Waals surface area contributed by atoms with Crippen molar-refractivity contribution in [3.8, 4) is 11.5 Å². The summed E-state index contributed by atoms with van der Waals surface area (Å²) in [5.74, 6) is -9.32. The van der Waals surface area contributed by atoms with Crippen molar-refractivity contribution in [2.45, 2.75) is 56.8 Å². The van der Waals surface area contributed by atoms with Crippen LogP contribution in [0.25, 0.3) is 10.9 Å².